The molecule has 0 aromatic carbocycles. The molecule has 0 saturated heterocycles. The molecule has 0 heterocycles. The van der Waals surface area contributed by atoms with E-state index in [4.69, 9.17) is 14.2 Å². The van der Waals surface area contributed by atoms with E-state index in [-0.39, 0.29) is 31.1 Å². The summed E-state index contributed by atoms with van der Waals surface area (Å²) in [5.74, 6) is 0.736. The highest BCUT2D eigenvalue weighted by Gasteiger charge is 2.19. The molecule has 0 N–H and O–H groups in total. The second-order valence-corrected chi connectivity index (χ2v) is 19.5. The summed E-state index contributed by atoms with van der Waals surface area (Å²) >= 11 is 0. The minimum atomic E-state index is -0.762. The third kappa shape index (κ3) is 47.5. The van der Waals surface area contributed by atoms with Crippen molar-refractivity contribution in [3.63, 3.8) is 0 Å². The van der Waals surface area contributed by atoms with E-state index < -0.39 is 6.10 Å². The zero-order valence-corrected chi connectivity index (χ0v) is 41.1. The maximum Gasteiger partial charge on any atom is 0.306 e. The van der Waals surface area contributed by atoms with E-state index >= 15 is 0 Å². The maximum absolute atomic E-state index is 12.8. The minimum absolute atomic E-state index is 0.0644. The van der Waals surface area contributed by atoms with Gasteiger partial charge in [-0.3, -0.25) is 14.4 Å². The number of carbonyl (C=O) groups is 3. The molecule has 1 atom stereocenters. The van der Waals surface area contributed by atoms with Crippen LogP contribution in [0.5, 0.6) is 0 Å². The van der Waals surface area contributed by atoms with Crippen molar-refractivity contribution in [3.05, 3.63) is 0 Å². The van der Waals surface area contributed by atoms with Gasteiger partial charge in [-0.25, -0.2) is 0 Å². The first-order chi connectivity index (χ1) is 29.2. The molecule has 0 aliphatic carbocycles. The van der Waals surface area contributed by atoms with Gasteiger partial charge in [0.05, 0.1) is 0 Å². The molecule has 0 aromatic rings. The van der Waals surface area contributed by atoms with Gasteiger partial charge >= 0.3 is 17.9 Å². The minimum Gasteiger partial charge on any atom is -0.462 e. The molecule has 0 unspecified atom stereocenters. The maximum atomic E-state index is 12.8. The van der Waals surface area contributed by atoms with Gasteiger partial charge in [-0.05, 0) is 31.1 Å². The van der Waals surface area contributed by atoms with Crippen LogP contribution in [0.1, 0.15) is 298 Å². The van der Waals surface area contributed by atoms with Crippen molar-refractivity contribution in [1.82, 2.24) is 0 Å². The molecule has 6 nitrogen and oxygen atoms in total. The van der Waals surface area contributed by atoms with E-state index in [0.717, 1.165) is 69.6 Å². The van der Waals surface area contributed by atoms with Crippen molar-refractivity contribution in [2.45, 2.75) is 304 Å². The smallest absolute Gasteiger partial charge is 0.306 e. The molecular formula is C54H104O6. The van der Waals surface area contributed by atoms with E-state index in [1.807, 2.05) is 0 Å². The molecule has 0 aliphatic heterocycles. The lowest BCUT2D eigenvalue weighted by atomic mass is 10.0. The molecule has 60 heavy (non-hydrogen) atoms. The van der Waals surface area contributed by atoms with Crippen LogP contribution in [0.3, 0.4) is 0 Å². The summed E-state index contributed by atoms with van der Waals surface area (Å²) in [7, 11) is 0. The van der Waals surface area contributed by atoms with Crippen LogP contribution in [0, 0.1) is 11.8 Å². The van der Waals surface area contributed by atoms with Crippen molar-refractivity contribution in [3.8, 4) is 0 Å². The summed E-state index contributed by atoms with van der Waals surface area (Å²) in [6.45, 7) is 11.3. The molecule has 0 aliphatic rings. The number of hydrogen-bond acceptors (Lipinski definition) is 6. The first-order valence-corrected chi connectivity index (χ1v) is 26.7. The van der Waals surface area contributed by atoms with Crippen LogP contribution < -0.4 is 0 Å². The molecule has 0 fully saturated rings. The van der Waals surface area contributed by atoms with Gasteiger partial charge in [-0.15, -0.1) is 0 Å². The van der Waals surface area contributed by atoms with Crippen molar-refractivity contribution >= 4 is 17.9 Å². The second kappa shape index (κ2) is 46.9. The SMILES string of the molecule is CCCCCCCCCCCCCCCCCCCCCC(=O)OC[C@H](COC(=O)CCCCCCCCC(C)C)OC(=O)CCCCCCCCCCCCCC(C)C. The Labute approximate surface area is 374 Å². The zero-order chi connectivity index (χ0) is 44.0. The average Bonchev–Trinajstić information content (AvgIpc) is 3.22. The fourth-order valence-corrected chi connectivity index (χ4v) is 8.17. The summed E-state index contributed by atoms with van der Waals surface area (Å²) in [5, 5.41) is 0. The Balaban J connectivity index is 4.22. The number of unbranched alkanes of at least 4 members (excludes halogenated alkanes) is 33. The molecule has 0 rings (SSSR count). The molecule has 0 bridgehead atoms. The summed E-state index contributed by atoms with van der Waals surface area (Å²) in [4.78, 5) is 37.9. The van der Waals surface area contributed by atoms with Gasteiger partial charge in [-0.2, -0.15) is 0 Å². The molecule has 0 radical (unpaired) electrons. The van der Waals surface area contributed by atoms with Gasteiger partial charge < -0.3 is 14.2 Å². The van der Waals surface area contributed by atoms with E-state index in [1.54, 1.807) is 0 Å². The number of carbonyl (C=O) groups excluding carboxylic acids is 3. The van der Waals surface area contributed by atoms with Crippen molar-refractivity contribution < 1.29 is 28.6 Å². The normalized spacial score (nSPS) is 12.1. The van der Waals surface area contributed by atoms with Gasteiger partial charge in [0, 0.05) is 19.3 Å². The Hall–Kier alpha value is -1.59. The quantitative estimate of drug-likeness (QED) is 0.0345. The Morgan fingerprint density at radius 1 is 0.317 bits per heavy atom. The van der Waals surface area contributed by atoms with Gasteiger partial charge in [0.2, 0.25) is 0 Å². The standard InChI is InChI=1S/C54H104O6/c1-6-7-8-9-10-11-12-13-14-15-16-17-18-19-22-25-28-34-39-44-52(55)58-47-51(48-59-53(56)45-40-35-31-30-33-38-43-50(4)5)60-54(57)46-41-36-29-26-23-20-21-24-27-32-37-42-49(2)3/h49-51H,6-48H2,1-5H3/t51-/m1/s1. The number of rotatable bonds is 48. The average molecular weight is 849 g/mol. The summed E-state index contributed by atoms with van der Waals surface area (Å²) < 4.78 is 16.8. The fraction of sp³-hybridized carbons (Fsp3) is 0.944. The van der Waals surface area contributed by atoms with Gasteiger partial charge in [0.1, 0.15) is 13.2 Å². The molecule has 356 valence electrons. The highest BCUT2D eigenvalue weighted by atomic mass is 16.6. The second-order valence-electron chi connectivity index (χ2n) is 19.5. The van der Waals surface area contributed by atoms with Crippen LogP contribution in [0.2, 0.25) is 0 Å². The van der Waals surface area contributed by atoms with Gasteiger partial charge in [-0.1, -0.05) is 259 Å². The van der Waals surface area contributed by atoms with Crippen molar-refractivity contribution in [1.29, 1.82) is 0 Å². The molecule has 0 saturated carbocycles. The van der Waals surface area contributed by atoms with E-state index in [0.29, 0.717) is 19.3 Å². The van der Waals surface area contributed by atoms with Crippen molar-refractivity contribution in [2.75, 3.05) is 13.2 Å². The topological polar surface area (TPSA) is 78.9 Å². The van der Waals surface area contributed by atoms with Gasteiger partial charge in [0.15, 0.2) is 6.10 Å². The summed E-state index contributed by atoms with van der Waals surface area (Å²) in [6, 6.07) is 0. The van der Waals surface area contributed by atoms with Crippen molar-refractivity contribution in [2.24, 2.45) is 11.8 Å². The monoisotopic (exact) mass is 849 g/mol. The first-order valence-electron chi connectivity index (χ1n) is 26.7. The molecule has 0 spiro atoms. The third-order valence-electron chi connectivity index (χ3n) is 12.2. The van der Waals surface area contributed by atoms with Crippen LogP contribution in [0.4, 0.5) is 0 Å². The molecule has 0 amide bonds. The predicted octanol–water partition coefficient (Wildman–Crippen LogP) is 17.3. The predicted molar refractivity (Wildman–Crippen MR) is 256 cm³/mol. The zero-order valence-electron chi connectivity index (χ0n) is 41.1. The molecule has 6 heteroatoms. The first kappa shape index (κ1) is 58.4. The Kier molecular flexibility index (Phi) is 45.7. The highest BCUT2D eigenvalue weighted by molar-refractivity contribution is 5.71. The third-order valence-corrected chi connectivity index (χ3v) is 12.2. The van der Waals surface area contributed by atoms with Crippen LogP contribution in [-0.4, -0.2) is 37.2 Å². The van der Waals surface area contributed by atoms with E-state index in [2.05, 4.69) is 34.6 Å². The Morgan fingerprint density at radius 3 is 0.817 bits per heavy atom. The Morgan fingerprint density at radius 2 is 0.550 bits per heavy atom. The highest BCUT2D eigenvalue weighted by Crippen LogP contribution is 2.18. The largest absolute Gasteiger partial charge is 0.462 e. The molecule has 0 aromatic heterocycles. The molecular weight excluding hydrogens is 745 g/mol. The fourth-order valence-electron chi connectivity index (χ4n) is 8.17. The van der Waals surface area contributed by atoms with E-state index in [9.17, 15) is 14.4 Å². The number of hydrogen-bond donors (Lipinski definition) is 0. The van der Waals surface area contributed by atoms with Gasteiger partial charge in [0.25, 0.3) is 0 Å². The Bertz CT molecular complexity index is 916. The van der Waals surface area contributed by atoms with Crippen LogP contribution in [0.25, 0.3) is 0 Å². The van der Waals surface area contributed by atoms with E-state index in [1.165, 1.54) is 186 Å². The lowest BCUT2D eigenvalue weighted by Crippen LogP contribution is -2.30. The summed E-state index contributed by atoms with van der Waals surface area (Å²) in [6.07, 6.45) is 48.3. The number of esters is 3. The number of ether oxygens (including phenoxy) is 3. The van der Waals surface area contributed by atoms with Crippen LogP contribution in [-0.2, 0) is 28.6 Å². The van der Waals surface area contributed by atoms with Crippen LogP contribution >= 0.6 is 0 Å². The lowest BCUT2D eigenvalue weighted by Gasteiger charge is -2.18. The van der Waals surface area contributed by atoms with Crippen LogP contribution in [0.15, 0.2) is 0 Å². The lowest BCUT2D eigenvalue weighted by molar-refractivity contribution is -0.167. The summed E-state index contributed by atoms with van der Waals surface area (Å²) in [5.41, 5.74) is 0.